The number of carboxylic acid groups (broad SMARTS) is 1. The molecular formula is C16H12N2O5S3. The van der Waals surface area contributed by atoms with Crippen molar-refractivity contribution in [1.82, 2.24) is 0 Å². The van der Waals surface area contributed by atoms with E-state index in [-0.39, 0.29) is 21.7 Å². The molecule has 0 radical (unpaired) electrons. The Morgan fingerprint density at radius 3 is 2.31 bits per heavy atom. The van der Waals surface area contributed by atoms with Gasteiger partial charge in [0.05, 0.1) is 21.0 Å². The van der Waals surface area contributed by atoms with Gasteiger partial charge in [-0.2, -0.15) is 0 Å². The summed E-state index contributed by atoms with van der Waals surface area (Å²) in [6, 6.07) is 8.89. The van der Waals surface area contributed by atoms with Crippen molar-refractivity contribution in [1.29, 1.82) is 0 Å². The minimum atomic E-state index is -4.23. The molecule has 0 saturated carbocycles. The molecule has 3 aromatic rings. The second kappa shape index (κ2) is 7.00. The summed E-state index contributed by atoms with van der Waals surface area (Å²) >= 11 is 2.45. The first-order valence-corrected chi connectivity index (χ1v) is 10.4. The van der Waals surface area contributed by atoms with E-state index in [4.69, 9.17) is 5.14 Å². The van der Waals surface area contributed by atoms with Crippen molar-refractivity contribution in [3.63, 3.8) is 0 Å². The van der Waals surface area contributed by atoms with E-state index in [9.17, 15) is 23.1 Å². The van der Waals surface area contributed by atoms with E-state index >= 15 is 0 Å². The molecule has 0 bridgehead atoms. The zero-order valence-corrected chi connectivity index (χ0v) is 15.5. The Bertz CT molecular complexity index is 1070. The van der Waals surface area contributed by atoms with Gasteiger partial charge in [0, 0.05) is 10.4 Å². The number of carbonyl (C=O) groups excluding carboxylic acids is 1. The molecule has 0 unspecified atom stereocenters. The van der Waals surface area contributed by atoms with E-state index in [0.717, 1.165) is 6.07 Å². The van der Waals surface area contributed by atoms with Gasteiger partial charge in [0.2, 0.25) is 10.0 Å². The van der Waals surface area contributed by atoms with Crippen LogP contribution in [0.25, 0.3) is 10.4 Å². The quantitative estimate of drug-likeness (QED) is 0.598. The molecule has 0 fully saturated rings. The van der Waals surface area contributed by atoms with Gasteiger partial charge in [-0.05, 0) is 35.0 Å². The number of anilines is 1. The average molecular weight is 408 g/mol. The largest absolute Gasteiger partial charge is 0.478 e. The smallest absolute Gasteiger partial charge is 0.335 e. The van der Waals surface area contributed by atoms with Crippen molar-refractivity contribution in [2.75, 3.05) is 5.32 Å². The van der Waals surface area contributed by atoms with Crippen LogP contribution < -0.4 is 10.5 Å². The third-order valence-corrected chi connectivity index (χ3v) is 6.11. The van der Waals surface area contributed by atoms with E-state index in [1.54, 1.807) is 35.0 Å². The maximum atomic E-state index is 12.4. The van der Waals surface area contributed by atoms with Crippen LogP contribution in [0.2, 0.25) is 0 Å². The molecule has 10 heteroatoms. The number of hydrogen-bond donors (Lipinski definition) is 3. The first-order chi connectivity index (χ1) is 12.3. The number of nitrogens with two attached hydrogens (primary N) is 1. The molecule has 0 aliphatic heterocycles. The molecule has 134 valence electrons. The van der Waals surface area contributed by atoms with E-state index in [2.05, 4.69) is 5.32 Å². The normalized spacial score (nSPS) is 11.3. The van der Waals surface area contributed by atoms with Crippen molar-refractivity contribution in [2.24, 2.45) is 5.14 Å². The molecule has 1 amide bonds. The van der Waals surface area contributed by atoms with Crippen LogP contribution in [0, 0.1) is 0 Å². The molecule has 2 heterocycles. The summed E-state index contributed by atoms with van der Waals surface area (Å²) in [4.78, 5) is 24.4. The summed E-state index contributed by atoms with van der Waals surface area (Å²) in [5.74, 6) is -1.81. The Balaban J connectivity index is 2.24. The van der Waals surface area contributed by atoms with E-state index in [1.807, 2.05) is 0 Å². The molecule has 26 heavy (non-hydrogen) atoms. The van der Waals surface area contributed by atoms with Crippen molar-refractivity contribution in [3.8, 4) is 10.4 Å². The fraction of sp³-hybridized carbons (Fsp3) is 0. The van der Waals surface area contributed by atoms with Crippen LogP contribution in [0.15, 0.2) is 52.1 Å². The fourth-order valence-corrected chi connectivity index (χ4v) is 4.61. The Hall–Kier alpha value is -2.53. The highest BCUT2D eigenvalue weighted by atomic mass is 32.2. The number of rotatable bonds is 5. The number of carbonyl (C=O) groups is 2. The molecule has 4 N–H and O–H groups in total. The van der Waals surface area contributed by atoms with Gasteiger partial charge >= 0.3 is 5.97 Å². The number of hydrogen-bond acceptors (Lipinski definition) is 6. The molecule has 3 rings (SSSR count). The van der Waals surface area contributed by atoms with Gasteiger partial charge in [0.15, 0.2) is 0 Å². The highest BCUT2D eigenvalue weighted by Gasteiger charge is 2.24. The standard InChI is InChI=1S/C16H12N2O5S3/c17-26(22,23)13-8-9(16(20)21)7-10(14(13)11-3-1-5-24-11)18-15(19)12-4-2-6-25-12/h1-8H,(H,18,19)(H,20,21)(H2,17,22,23). The van der Waals surface area contributed by atoms with Crippen LogP contribution in [-0.2, 0) is 10.0 Å². The minimum Gasteiger partial charge on any atom is -0.478 e. The van der Waals surface area contributed by atoms with Crippen molar-refractivity contribution in [3.05, 3.63) is 57.6 Å². The summed E-state index contributed by atoms with van der Waals surface area (Å²) in [6.45, 7) is 0. The first-order valence-electron chi connectivity index (χ1n) is 7.10. The van der Waals surface area contributed by atoms with Crippen LogP contribution in [0.5, 0.6) is 0 Å². The molecule has 7 nitrogen and oxygen atoms in total. The number of nitrogens with one attached hydrogen (secondary N) is 1. The number of primary sulfonamides is 1. The lowest BCUT2D eigenvalue weighted by Gasteiger charge is -2.15. The first kappa shape index (κ1) is 18.3. The zero-order chi connectivity index (χ0) is 18.9. The van der Waals surface area contributed by atoms with Crippen molar-refractivity contribution < 1.29 is 23.1 Å². The van der Waals surface area contributed by atoms with Gasteiger partial charge in [-0.25, -0.2) is 18.4 Å². The highest BCUT2D eigenvalue weighted by Crippen LogP contribution is 2.38. The summed E-state index contributed by atoms with van der Waals surface area (Å²) in [5.41, 5.74) is -0.0667. The summed E-state index contributed by atoms with van der Waals surface area (Å²) in [6.07, 6.45) is 0. The van der Waals surface area contributed by atoms with Crippen molar-refractivity contribution >= 4 is 50.3 Å². The van der Waals surface area contributed by atoms with Gasteiger partial charge in [-0.15, -0.1) is 22.7 Å². The second-order valence-electron chi connectivity index (χ2n) is 5.16. The van der Waals surface area contributed by atoms with Gasteiger partial charge in [0.1, 0.15) is 0 Å². The van der Waals surface area contributed by atoms with Gasteiger partial charge in [0.25, 0.3) is 5.91 Å². The third kappa shape index (κ3) is 3.68. The summed E-state index contributed by atoms with van der Waals surface area (Å²) in [5, 5.41) is 20.7. The average Bonchev–Trinajstić information content (AvgIpc) is 3.26. The summed E-state index contributed by atoms with van der Waals surface area (Å²) in [7, 11) is -4.23. The second-order valence-corrected chi connectivity index (χ2v) is 8.58. The molecular weight excluding hydrogens is 396 g/mol. The number of benzene rings is 1. The number of aromatic carboxylic acids is 1. The lowest BCUT2D eigenvalue weighted by atomic mass is 10.1. The third-order valence-electron chi connectivity index (χ3n) is 3.42. The molecule has 2 aromatic heterocycles. The topological polar surface area (TPSA) is 127 Å². The Labute approximate surface area is 156 Å². The maximum absolute atomic E-state index is 12.4. The van der Waals surface area contributed by atoms with Crippen LogP contribution in [-0.4, -0.2) is 25.4 Å². The van der Waals surface area contributed by atoms with Gasteiger partial charge in [-0.1, -0.05) is 12.1 Å². The number of amides is 1. The van der Waals surface area contributed by atoms with Crippen LogP contribution >= 0.6 is 22.7 Å². The highest BCUT2D eigenvalue weighted by molar-refractivity contribution is 7.89. The monoisotopic (exact) mass is 408 g/mol. The molecule has 1 aromatic carbocycles. The number of carboxylic acids is 1. The van der Waals surface area contributed by atoms with E-state index in [0.29, 0.717) is 9.75 Å². The Morgan fingerprint density at radius 2 is 1.77 bits per heavy atom. The summed E-state index contributed by atoms with van der Waals surface area (Å²) < 4.78 is 24.1. The Kier molecular flexibility index (Phi) is 4.92. The molecule has 0 spiro atoms. The van der Waals surface area contributed by atoms with E-state index < -0.39 is 21.9 Å². The van der Waals surface area contributed by atoms with Crippen molar-refractivity contribution in [2.45, 2.75) is 4.90 Å². The number of sulfonamides is 1. The SMILES string of the molecule is NS(=O)(=O)c1cc(C(=O)O)cc(NC(=O)c2cccs2)c1-c1cccs1. The maximum Gasteiger partial charge on any atom is 0.335 e. The molecule has 0 aliphatic carbocycles. The molecule has 0 saturated heterocycles. The molecule has 0 atom stereocenters. The predicted molar refractivity (Wildman–Crippen MR) is 100 cm³/mol. The fourth-order valence-electron chi connectivity index (χ4n) is 2.33. The number of thiophene rings is 2. The minimum absolute atomic E-state index is 0.0646. The lowest BCUT2D eigenvalue weighted by Crippen LogP contribution is -2.18. The van der Waals surface area contributed by atoms with Crippen LogP contribution in [0.4, 0.5) is 5.69 Å². The van der Waals surface area contributed by atoms with E-state index in [1.165, 1.54) is 28.7 Å². The predicted octanol–water partition coefficient (Wildman–Crippen LogP) is 3.07. The lowest BCUT2D eigenvalue weighted by molar-refractivity contribution is 0.0696. The van der Waals surface area contributed by atoms with Gasteiger partial charge < -0.3 is 10.4 Å². The molecule has 0 aliphatic rings. The zero-order valence-electron chi connectivity index (χ0n) is 13.0. The van der Waals surface area contributed by atoms with Crippen LogP contribution in [0.1, 0.15) is 20.0 Å². The Morgan fingerprint density at radius 1 is 1.08 bits per heavy atom. The van der Waals surface area contributed by atoms with Gasteiger partial charge in [-0.3, -0.25) is 4.79 Å². The van der Waals surface area contributed by atoms with Crippen LogP contribution in [0.3, 0.4) is 0 Å².